The smallest absolute Gasteiger partial charge is 0.336 e. The second kappa shape index (κ2) is 7.36. The SMILES string of the molecule is O=C(O)c1ccc(NC(=O)C2C=CC=CC2=C2C=CC=CN2)cc1Br. The van der Waals surface area contributed by atoms with Crippen LogP contribution in [0.1, 0.15) is 10.4 Å². The molecule has 126 valence electrons. The molecular formula is C19H15BrN2O3. The highest BCUT2D eigenvalue weighted by molar-refractivity contribution is 9.10. The van der Waals surface area contributed by atoms with Crippen LogP contribution in [0.15, 0.2) is 82.7 Å². The van der Waals surface area contributed by atoms with Crippen LogP contribution in [0.2, 0.25) is 0 Å². The summed E-state index contributed by atoms with van der Waals surface area (Å²) in [5.74, 6) is -1.66. The fraction of sp³-hybridized carbons (Fsp3) is 0.0526. The van der Waals surface area contributed by atoms with E-state index in [1.54, 1.807) is 12.1 Å². The number of nitrogens with one attached hydrogen (secondary N) is 2. The van der Waals surface area contributed by atoms with Gasteiger partial charge in [0.1, 0.15) is 0 Å². The standard InChI is InChI=1S/C19H15BrN2O3/c20-16-11-12(8-9-15(16)19(24)25)22-18(23)14-6-2-1-5-13(14)17-7-3-4-10-21-17/h1-11,14,21H,(H,22,23)(H,24,25). The van der Waals surface area contributed by atoms with Gasteiger partial charge in [-0.05, 0) is 51.9 Å². The van der Waals surface area contributed by atoms with Crippen molar-refractivity contribution in [2.75, 3.05) is 5.32 Å². The number of rotatable bonds is 3. The van der Waals surface area contributed by atoms with Crippen LogP contribution in [-0.2, 0) is 4.79 Å². The first-order valence-corrected chi connectivity index (χ1v) is 8.38. The van der Waals surface area contributed by atoms with E-state index in [1.807, 2.05) is 48.7 Å². The molecule has 1 aliphatic carbocycles. The number of carbonyl (C=O) groups excluding carboxylic acids is 1. The molecule has 25 heavy (non-hydrogen) atoms. The summed E-state index contributed by atoms with van der Waals surface area (Å²) in [6.45, 7) is 0. The minimum atomic E-state index is -1.03. The minimum Gasteiger partial charge on any atom is -0.478 e. The van der Waals surface area contributed by atoms with E-state index in [-0.39, 0.29) is 11.5 Å². The van der Waals surface area contributed by atoms with Crippen molar-refractivity contribution < 1.29 is 14.7 Å². The molecule has 1 atom stereocenters. The van der Waals surface area contributed by atoms with Crippen molar-refractivity contribution in [1.29, 1.82) is 0 Å². The van der Waals surface area contributed by atoms with Gasteiger partial charge in [0, 0.05) is 22.1 Å². The van der Waals surface area contributed by atoms with Gasteiger partial charge in [0.05, 0.1) is 11.5 Å². The van der Waals surface area contributed by atoms with Gasteiger partial charge in [0.15, 0.2) is 0 Å². The van der Waals surface area contributed by atoms with Gasteiger partial charge in [0.2, 0.25) is 5.91 Å². The number of aromatic carboxylic acids is 1. The van der Waals surface area contributed by atoms with E-state index < -0.39 is 11.9 Å². The third-order valence-corrected chi connectivity index (χ3v) is 4.45. The lowest BCUT2D eigenvalue weighted by atomic mass is 9.91. The first-order chi connectivity index (χ1) is 12.1. The predicted octanol–water partition coefficient (Wildman–Crippen LogP) is 3.76. The summed E-state index contributed by atoms with van der Waals surface area (Å²) >= 11 is 3.21. The molecule has 1 aliphatic heterocycles. The molecule has 5 nitrogen and oxygen atoms in total. The minimum absolute atomic E-state index is 0.143. The number of carbonyl (C=O) groups is 2. The molecular weight excluding hydrogens is 384 g/mol. The number of halogens is 1. The quantitative estimate of drug-likeness (QED) is 0.724. The lowest BCUT2D eigenvalue weighted by molar-refractivity contribution is -0.117. The Hall–Kier alpha value is -2.86. The number of allylic oxidation sites excluding steroid dienone is 6. The summed E-state index contributed by atoms with van der Waals surface area (Å²) in [5.41, 5.74) is 2.40. The normalized spacial score (nSPS) is 21.1. The monoisotopic (exact) mass is 398 g/mol. The van der Waals surface area contributed by atoms with E-state index in [0.717, 1.165) is 11.3 Å². The fourth-order valence-corrected chi connectivity index (χ4v) is 3.14. The number of dihydropyridines is 1. The number of carboxylic acids is 1. The van der Waals surface area contributed by atoms with Crippen molar-refractivity contribution in [2.24, 2.45) is 5.92 Å². The van der Waals surface area contributed by atoms with E-state index in [0.29, 0.717) is 10.2 Å². The van der Waals surface area contributed by atoms with E-state index >= 15 is 0 Å². The number of hydrogen-bond acceptors (Lipinski definition) is 3. The molecule has 0 radical (unpaired) electrons. The molecule has 1 aromatic rings. The number of anilines is 1. The highest BCUT2D eigenvalue weighted by Crippen LogP contribution is 2.26. The lowest BCUT2D eigenvalue weighted by Crippen LogP contribution is -2.26. The van der Waals surface area contributed by atoms with E-state index in [2.05, 4.69) is 26.6 Å². The van der Waals surface area contributed by atoms with Crippen LogP contribution in [0.3, 0.4) is 0 Å². The first-order valence-electron chi connectivity index (χ1n) is 7.59. The second-order valence-electron chi connectivity index (χ2n) is 5.44. The Morgan fingerprint density at radius 2 is 1.92 bits per heavy atom. The molecule has 3 N–H and O–H groups in total. The largest absolute Gasteiger partial charge is 0.478 e. The predicted molar refractivity (Wildman–Crippen MR) is 99.9 cm³/mol. The van der Waals surface area contributed by atoms with Crippen molar-refractivity contribution in [3.63, 3.8) is 0 Å². The summed E-state index contributed by atoms with van der Waals surface area (Å²) < 4.78 is 0.414. The van der Waals surface area contributed by atoms with Gasteiger partial charge >= 0.3 is 5.97 Å². The van der Waals surface area contributed by atoms with Crippen LogP contribution < -0.4 is 10.6 Å². The van der Waals surface area contributed by atoms with Gasteiger partial charge in [-0.3, -0.25) is 4.79 Å². The second-order valence-corrected chi connectivity index (χ2v) is 6.30. The van der Waals surface area contributed by atoms with Crippen molar-refractivity contribution >= 4 is 33.5 Å². The van der Waals surface area contributed by atoms with Gasteiger partial charge in [-0.1, -0.05) is 30.4 Å². The third kappa shape index (κ3) is 3.80. The molecule has 1 amide bonds. The number of carboxylic acid groups (broad SMARTS) is 1. The Kier molecular flexibility index (Phi) is 5.00. The Bertz CT molecular complexity index is 879. The zero-order valence-electron chi connectivity index (χ0n) is 13.1. The molecule has 0 bridgehead atoms. The van der Waals surface area contributed by atoms with Crippen LogP contribution in [0.4, 0.5) is 5.69 Å². The maximum atomic E-state index is 12.7. The van der Waals surface area contributed by atoms with Crippen LogP contribution in [0, 0.1) is 5.92 Å². The van der Waals surface area contributed by atoms with Crippen molar-refractivity contribution in [3.8, 4) is 0 Å². The summed E-state index contributed by atoms with van der Waals surface area (Å²) in [5, 5.41) is 15.0. The van der Waals surface area contributed by atoms with Crippen LogP contribution in [0.5, 0.6) is 0 Å². The zero-order chi connectivity index (χ0) is 17.8. The maximum absolute atomic E-state index is 12.7. The molecule has 0 saturated carbocycles. The van der Waals surface area contributed by atoms with Crippen LogP contribution in [-0.4, -0.2) is 17.0 Å². The Morgan fingerprint density at radius 3 is 2.60 bits per heavy atom. The van der Waals surface area contributed by atoms with Crippen molar-refractivity contribution in [3.05, 3.63) is 88.2 Å². The highest BCUT2D eigenvalue weighted by Gasteiger charge is 2.23. The highest BCUT2D eigenvalue weighted by atomic mass is 79.9. The molecule has 1 heterocycles. The third-order valence-electron chi connectivity index (χ3n) is 3.80. The molecule has 0 fully saturated rings. The maximum Gasteiger partial charge on any atom is 0.336 e. The average Bonchev–Trinajstić information content (AvgIpc) is 2.62. The molecule has 0 saturated heterocycles. The summed E-state index contributed by atoms with van der Waals surface area (Å²) in [6, 6.07) is 4.61. The molecule has 6 heteroatoms. The molecule has 1 unspecified atom stereocenters. The molecule has 0 aromatic heterocycles. The molecule has 3 rings (SSSR count). The van der Waals surface area contributed by atoms with Gasteiger partial charge in [-0.15, -0.1) is 0 Å². The van der Waals surface area contributed by atoms with Gasteiger partial charge < -0.3 is 15.7 Å². The average molecular weight is 399 g/mol. The summed E-state index contributed by atoms with van der Waals surface area (Å²) in [6.07, 6.45) is 15.0. The Balaban J connectivity index is 1.82. The fourth-order valence-electron chi connectivity index (χ4n) is 2.59. The van der Waals surface area contributed by atoms with Crippen molar-refractivity contribution in [2.45, 2.75) is 0 Å². The number of amides is 1. The Labute approximate surface area is 153 Å². The van der Waals surface area contributed by atoms with E-state index in [1.165, 1.54) is 6.07 Å². The lowest BCUT2D eigenvalue weighted by Gasteiger charge is -2.20. The number of hydrogen-bond donors (Lipinski definition) is 3. The number of benzene rings is 1. The summed E-state index contributed by atoms with van der Waals surface area (Å²) in [4.78, 5) is 23.8. The van der Waals surface area contributed by atoms with Crippen LogP contribution >= 0.6 is 15.9 Å². The summed E-state index contributed by atoms with van der Waals surface area (Å²) in [7, 11) is 0. The van der Waals surface area contributed by atoms with E-state index in [4.69, 9.17) is 5.11 Å². The van der Waals surface area contributed by atoms with Crippen molar-refractivity contribution in [1.82, 2.24) is 5.32 Å². The van der Waals surface area contributed by atoms with Gasteiger partial charge in [-0.25, -0.2) is 4.79 Å². The Morgan fingerprint density at radius 1 is 1.12 bits per heavy atom. The van der Waals surface area contributed by atoms with Gasteiger partial charge in [-0.2, -0.15) is 0 Å². The van der Waals surface area contributed by atoms with Crippen LogP contribution in [0.25, 0.3) is 0 Å². The molecule has 2 aliphatic rings. The zero-order valence-corrected chi connectivity index (χ0v) is 14.7. The topological polar surface area (TPSA) is 78.4 Å². The van der Waals surface area contributed by atoms with E-state index in [9.17, 15) is 9.59 Å². The van der Waals surface area contributed by atoms with Gasteiger partial charge in [0.25, 0.3) is 0 Å². The molecule has 1 aromatic carbocycles. The first kappa shape index (κ1) is 17.0. The molecule has 0 spiro atoms.